The van der Waals surface area contributed by atoms with E-state index in [1.54, 1.807) is 4.90 Å². The van der Waals surface area contributed by atoms with Gasteiger partial charge in [0.1, 0.15) is 0 Å². The maximum absolute atomic E-state index is 12.7. The number of anilines is 1. The summed E-state index contributed by atoms with van der Waals surface area (Å²) in [5, 5.41) is 0. The summed E-state index contributed by atoms with van der Waals surface area (Å²) in [5.74, 6) is -1.07. The number of para-hydroxylation sites is 1. The van der Waals surface area contributed by atoms with Crippen molar-refractivity contribution in [2.24, 2.45) is 0 Å². The number of ether oxygens (including phenoxy) is 1. The second-order valence-corrected chi connectivity index (χ2v) is 9.46. The Bertz CT molecular complexity index is 1260. The van der Waals surface area contributed by atoms with Crippen LogP contribution in [0.25, 0.3) is 0 Å². The van der Waals surface area contributed by atoms with E-state index in [0.717, 1.165) is 29.7 Å². The fourth-order valence-corrected chi connectivity index (χ4v) is 4.79. The average Bonchev–Trinajstić information content (AvgIpc) is 2.86. The monoisotopic (exact) mass is 464 g/mol. The average molecular weight is 465 g/mol. The van der Waals surface area contributed by atoms with Gasteiger partial charge in [-0.05, 0) is 48.2 Å². The van der Waals surface area contributed by atoms with Gasteiger partial charge < -0.3 is 9.64 Å². The second kappa shape index (κ2) is 9.97. The molecule has 170 valence electrons. The third kappa shape index (κ3) is 5.47. The molecule has 0 aliphatic carbocycles. The smallest absolute Gasteiger partial charge is 0.338 e. The van der Waals surface area contributed by atoms with E-state index >= 15 is 0 Å². The molecule has 1 amide bonds. The van der Waals surface area contributed by atoms with Crippen LogP contribution in [0.4, 0.5) is 5.69 Å². The van der Waals surface area contributed by atoms with Gasteiger partial charge >= 0.3 is 5.97 Å². The molecule has 0 aromatic heterocycles. The van der Waals surface area contributed by atoms with Crippen molar-refractivity contribution in [2.45, 2.75) is 24.3 Å². The highest BCUT2D eigenvalue weighted by molar-refractivity contribution is 7.89. The van der Waals surface area contributed by atoms with Gasteiger partial charge in [0, 0.05) is 18.8 Å². The lowest BCUT2D eigenvalue weighted by Crippen LogP contribution is -2.38. The minimum absolute atomic E-state index is 0.0517. The zero-order valence-corrected chi connectivity index (χ0v) is 18.8. The van der Waals surface area contributed by atoms with Crippen molar-refractivity contribution in [3.63, 3.8) is 0 Å². The van der Waals surface area contributed by atoms with Gasteiger partial charge in [0.2, 0.25) is 10.0 Å². The number of carbonyl (C=O) groups is 2. The highest BCUT2D eigenvalue weighted by Crippen LogP contribution is 2.26. The number of rotatable bonds is 7. The summed E-state index contributed by atoms with van der Waals surface area (Å²) in [6.45, 7) is 0.272. The van der Waals surface area contributed by atoms with Crippen LogP contribution in [0.5, 0.6) is 0 Å². The number of sulfonamides is 1. The Kier molecular flexibility index (Phi) is 6.86. The second-order valence-electron chi connectivity index (χ2n) is 7.69. The predicted octanol–water partition coefficient (Wildman–Crippen LogP) is 3.30. The third-order valence-corrected chi connectivity index (χ3v) is 6.83. The number of nitrogens with zero attached hydrogens (tertiary/aromatic N) is 1. The van der Waals surface area contributed by atoms with Crippen LogP contribution in [-0.2, 0) is 32.5 Å². The zero-order chi connectivity index (χ0) is 23.3. The van der Waals surface area contributed by atoms with Crippen molar-refractivity contribution in [1.82, 2.24) is 4.72 Å². The number of esters is 1. The summed E-state index contributed by atoms with van der Waals surface area (Å²) in [4.78, 5) is 26.8. The number of hydrogen-bond acceptors (Lipinski definition) is 5. The van der Waals surface area contributed by atoms with Crippen molar-refractivity contribution in [2.75, 3.05) is 18.1 Å². The van der Waals surface area contributed by atoms with E-state index in [0.29, 0.717) is 6.54 Å². The zero-order valence-electron chi connectivity index (χ0n) is 17.9. The normalized spacial score (nSPS) is 13.3. The first-order valence-corrected chi connectivity index (χ1v) is 12.1. The lowest BCUT2D eigenvalue weighted by molar-refractivity contribution is -0.121. The van der Waals surface area contributed by atoms with Crippen LogP contribution in [0.3, 0.4) is 0 Å². The predicted molar refractivity (Wildman–Crippen MR) is 124 cm³/mol. The summed E-state index contributed by atoms with van der Waals surface area (Å²) in [6.07, 6.45) is 1.74. The molecule has 33 heavy (non-hydrogen) atoms. The number of amides is 1. The van der Waals surface area contributed by atoms with E-state index in [1.807, 2.05) is 54.6 Å². The number of hydrogen-bond donors (Lipinski definition) is 1. The van der Waals surface area contributed by atoms with E-state index in [-0.39, 0.29) is 22.9 Å². The highest BCUT2D eigenvalue weighted by Gasteiger charge is 2.24. The third-order valence-electron chi connectivity index (χ3n) is 5.43. The van der Waals surface area contributed by atoms with Crippen LogP contribution in [0.2, 0.25) is 0 Å². The molecule has 7 nitrogen and oxygen atoms in total. The summed E-state index contributed by atoms with van der Waals surface area (Å²) >= 11 is 0. The lowest BCUT2D eigenvalue weighted by atomic mass is 10.0. The van der Waals surface area contributed by atoms with Crippen LogP contribution >= 0.6 is 0 Å². The first-order valence-electron chi connectivity index (χ1n) is 10.6. The standard InChI is InChI=1S/C25H24N2O5S/c28-24(27-15-7-12-20-10-4-5-14-23(20)27)18-32-25(29)21-11-6-13-22(16-21)33(30,31)26-17-19-8-2-1-3-9-19/h1-6,8-11,13-14,16,26H,7,12,15,17-18H2. The largest absolute Gasteiger partial charge is 0.452 e. The molecule has 3 aromatic rings. The number of fused-ring (bicyclic) bond motifs is 1. The molecule has 0 bridgehead atoms. The molecular formula is C25H24N2O5S. The summed E-state index contributed by atoms with van der Waals surface area (Å²) < 4.78 is 33.0. The molecule has 1 heterocycles. The van der Waals surface area contributed by atoms with Crippen molar-refractivity contribution in [1.29, 1.82) is 0 Å². The van der Waals surface area contributed by atoms with E-state index in [2.05, 4.69) is 4.72 Å². The van der Waals surface area contributed by atoms with Gasteiger partial charge in [-0.25, -0.2) is 17.9 Å². The van der Waals surface area contributed by atoms with Gasteiger partial charge in [0.15, 0.2) is 6.61 Å². The molecule has 1 N–H and O–H groups in total. The first-order chi connectivity index (χ1) is 15.9. The van der Waals surface area contributed by atoms with Crippen molar-refractivity contribution < 1.29 is 22.7 Å². The van der Waals surface area contributed by atoms with Crippen molar-refractivity contribution in [3.8, 4) is 0 Å². The van der Waals surface area contributed by atoms with Crippen molar-refractivity contribution >= 4 is 27.6 Å². The molecular weight excluding hydrogens is 440 g/mol. The van der Waals surface area contributed by atoms with Gasteiger partial charge in [0.25, 0.3) is 5.91 Å². The molecule has 0 spiro atoms. The summed E-state index contributed by atoms with van der Waals surface area (Å²) in [7, 11) is -3.83. The van der Waals surface area contributed by atoms with E-state index in [4.69, 9.17) is 4.74 Å². The highest BCUT2D eigenvalue weighted by atomic mass is 32.2. The van der Waals surface area contributed by atoms with Gasteiger partial charge in [-0.15, -0.1) is 0 Å². The maximum atomic E-state index is 12.7. The molecule has 1 aliphatic heterocycles. The fraction of sp³-hybridized carbons (Fsp3) is 0.200. The Morgan fingerprint density at radius 1 is 0.939 bits per heavy atom. The van der Waals surface area contributed by atoms with E-state index < -0.39 is 22.6 Å². The Labute approximate surface area is 193 Å². The molecule has 0 saturated heterocycles. The molecule has 0 fully saturated rings. The Balaban J connectivity index is 1.39. The Hall–Kier alpha value is -3.49. The first kappa shape index (κ1) is 22.7. The lowest BCUT2D eigenvalue weighted by Gasteiger charge is -2.29. The molecule has 1 aliphatic rings. The Morgan fingerprint density at radius 2 is 1.70 bits per heavy atom. The number of benzene rings is 3. The molecule has 0 radical (unpaired) electrons. The quantitative estimate of drug-likeness (QED) is 0.542. The van der Waals surface area contributed by atoms with Crippen LogP contribution in [0.1, 0.15) is 27.9 Å². The minimum atomic E-state index is -3.83. The van der Waals surface area contributed by atoms with Crippen LogP contribution in [-0.4, -0.2) is 33.4 Å². The van der Waals surface area contributed by atoms with E-state index in [9.17, 15) is 18.0 Å². The van der Waals surface area contributed by atoms with Gasteiger partial charge in [-0.3, -0.25) is 4.79 Å². The topological polar surface area (TPSA) is 92.8 Å². The maximum Gasteiger partial charge on any atom is 0.338 e. The summed E-state index contributed by atoms with van der Waals surface area (Å²) in [6, 6.07) is 22.4. The van der Waals surface area contributed by atoms with E-state index in [1.165, 1.54) is 24.3 Å². The number of aryl methyl sites for hydroxylation is 1. The number of carbonyl (C=O) groups excluding carboxylic acids is 2. The number of nitrogens with one attached hydrogen (secondary N) is 1. The Morgan fingerprint density at radius 3 is 2.52 bits per heavy atom. The SMILES string of the molecule is O=C(OCC(=O)N1CCCc2ccccc21)c1cccc(S(=O)(=O)NCc2ccccc2)c1. The van der Waals surface area contributed by atoms with Crippen LogP contribution in [0.15, 0.2) is 83.8 Å². The fourth-order valence-electron chi connectivity index (χ4n) is 3.73. The van der Waals surface area contributed by atoms with Gasteiger partial charge in [-0.1, -0.05) is 54.6 Å². The molecule has 0 unspecified atom stereocenters. The molecule has 8 heteroatoms. The van der Waals surface area contributed by atoms with Crippen molar-refractivity contribution in [3.05, 3.63) is 95.6 Å². The molecule has 0 saturated carbocycles. The van der Waals surface area contributed by atoms with Crippen LogP contribution < -0.4 is 9.62 Å². The molecule has 0 atom stereocenters. The molecule has 3 aromatic carbocycles. The summed E-state index contributed by atoms with van der Waals surface area (Å²) in [5.41, 5.74) is 2.80. The van der Waals surface area contributed by atoms with Gasteiger partial charge in [-0.2, -0.15) is 0 Å². The van der Waals surface area contributed by atoms with Gasteiger partial charge in [0.05, 0.1) is 10.5 Å². The van der Waals surface area contributed by atoms with Crippen LogP contribution in [0, 0.1) is 0 Å². The molecule has 4 rings (SSSR count). The minimum Gasteiger partial charge on any atom is -0.452 e.